The van der Waals surface area contributed by atoms with Crippen molar-refractivity contribution in [3.8, 4) is 0 Å². The third kappa shape index (κ3) is 3.93. The quantitative estimate of drug-likeness (QED) is 0.709. The van der Waals surface area contributed by atoms with Crippen LogP contribution in [0.3, 0.4) is 0 Å². The molecule has 148 valence electrons. The van der Waals surface area contributed by atoms with Crippen LogP contribution < -0.4 is 0 Å². The number of ether oxygens (including phenoxy) is 2. The van der Waals surface area contributed by atoms with Crippen LogP contribution in [0.5, 0.6) is 0 Å². The summed E-state index contributed by atoms with van der Waals surface area (Å²) in [5.74, 6) is -0.930. The van der Waals surface area contributed by atoms with E-state index in [1.165, 1.54) is 30.7 Å². The zero-order chi connectivity index (χ0) is 20.3. The normalized spacial score (nSPS) is 14.2. The van der Waals surface area contributed by atoms with Gasteiger partial charge in [0.15, 0.2) is 0 Å². The Labute approximate surface area is 163 Å². The first-order chi connectivity index (χ1) is 13.4. The van der Waals surface area contributed by atoms with Gasteiger partial charge in [0.2, 0.25) is 10.0 Å². The van der Waals surface area contributed by atoms with Crippen LogP contribution in [0.4, 0.5) is 0 Å². The van der Waals surface area contributed by atoms with Crippen LogP contribution in [0.2, 0.25) is 0 Å². The van der Waals surface area contributed by atoms with Crippen molar-refractivity contribution in [1.29, 1.82) is 0 Å². The summed E-state index contributed by atoms with van der Waals surface area (Å²) in [6.07, 6.45) is 0.496. The maximum Gasteiger partial charge on any atom is 0.338 e. The van der Waals surface area contributed by atoms with Crippen molar-refractivity contribution in [3.05, 3.63) is 64.7 Å². The molecule has 1 aliphatic heterocycles. The van der Waals surface area contributed by atoms with Gasteiger partial charge in [-0.15, -0.1) is 0 Å². The SMILES string of the molecule is COC(=O)Cc1cccc(S(=O)(=O)N2CCc3cccc(C(=O)OC)c3C2)c1. The van der Waals surface area contributed by atoms with Crippen molar-refractivity contribution in [1.82, 2.24) is 4.31 Å². The third-order valence-corrected chi connectivity index (χ3v) is 6.60. The van der Waals surface area contributed by atoms with E-state index in [0.717, 1.165) is 5.56 Å². The number of carbonyl (C=O) groups excluding carboxylic acids is 2. The fraction of sp³-hybridized carbons (Fsp3) is 0.300. The molecule has 2 aromatic carbocycles. The summed E-state index contributed by atoms with van der Waals surface area (Å²) in [6.45, 7) is 0.394. The molecule has 0 N–H and O–H groups in total. The summed E-state index contributed by atoms with van der Waals surface area (Å²) in [7, 11) is -1.21. The van der Waals surface area contributed by atoms with Crippen LogP contribution in [0, 0.1) is 0 Å². The molecule has 0 radical (unpaired) electrons. The summed E-state index contributed by atoms with van der Waals surface area (Å²) in [4.78, 5) is 23.6. The number of hydrogen-bond acceptors (Lipinski definition) is 6. The number of benzene rings is 2. The summed E-state index contributed by atoms with van der Waals surface area (Å²) in [5, 5.41) is 0. The molecule has 0 fully saturated rings. The average Bonchev–Trinajstić information content (AvgIpc) is 2.72. The monoisotopic (exact) mass is 403 g/mol. The second-order valence-corrected chi connectivity index (χ2v) is 8.36. The van der Waals surface area contributed by atoms with Gasteiger partial charge in [0.05, 0.1) is 31.1 Å². The van der Waals surface area contributed by atoms with Crippen molar-refractivity contribution in [2.75, 3.05) is 20.8 Å². The molecule has 0 saturated carbocycles. The van der Waals surface area contributed by atoms with E-state index in [1.807, 2.05) is 6.07 Å². The van der Waals surface area contributed by atoms with Crippen molar-refractivity contribution < 1.29 is 27.5 Å². The molecular weight excluding hydrogens is 382 g/mol. The van der Waals surface area contributed by atoms with E-state index < -0.39 is 22.0 Å². The molecule has 3 rings (SSSR count). The number of sulfonamides is 1. The Kier molecular flexibility index (Phi) is 5.81. The van der Waals surface area contributed by atoms with E-state index in [0.29, 0.717) is 29.7 Å². The summed E-state index contributed by atoms with van der Waals surface area (Å²) in [5.41, 5.74) is 2.53. The van der Waals surface area contributed by atoms with Gasteiger partial charge in [0, 0.05) is 13.1 Å². The summed E-state index contributed by atoms with van der Waals surface area (Å²) >= 11 is 0. The number of esters is 2. The van der Waals surface area contributed by atoms with Gasteiger partial charge in [-0.25, -0.2) is 13.2 Å². The van der Waals surface area contributed by atoms with Crippen LogP contribution in [0.1, 0.15) is 27.0 Å². The summed E-state index contributed by atoms with van der Waals surface area (Å²) in [6, 6.07) is 11.6. The number of carbonyl (C=O) groups is 2. The second kappa shape index (κ2) is 8.12. The second-order valence-electron chi connectivity index (χ2n) is 6.42. The molecule has 2 aromatic rings. The standard InChI is InChI=1S/C20H21NO6S/c1-26-19(22)12-14-5-3-7-16(11-14)28(24,25)21-10-9-15-6-4-8-17(18(15)13-21)20(23)27-2/h3-8,11H,9-10,12-13H2,1-2H3. The highest BCUT2D eigenvalue weighted by molar-refractivity contribution is 7.89. The molecule has 1 aliphatic rings. The van der Waals surface area contributed by atoms with Gasteiger partial charge in [-0.3, -0.25) is 4.79 Å². The molecule has 0 spiro atoms. The lowest BCUT2D eigenvalue weighted by Crippen LogP contribution is -2.36. The van der Waals surface area contributed by atoms with E-state index >= 15 is 0 Å². The Morgan fingerprint density at radius 2 is 1.82 bits per heavy atom. The molecule has 7 nitrogen and oxygen atoms in total. The van der Waals surface area contributed by atoms with Crippen LogP contribution in [-0.4, -0.2) is 45.4 Å². The molecular formula is C20H21NO6S. The minimum absolute atomic E-state index is 0.00478. The number of methoxy groups -OCH3 is 2. The van der Waals surface area contributed by atoms with Crippen molar-refractivity contribution >= 4 is 22.0 Å². The minimum Gasteiger partial charge on any atom is -0.469 e. The van der Waals surface area contributed by atoms with Crippen LogP contribution in [-0.2, 0) is 43.7 Å². The minimum atomic E-state index is -3.79. The lowest BCUT2D eigenvalue weighted by atomic mass is 9.96. The first-order valence-electron chi connectivity index (χ1n) is 8.72. The van der Waals surface area contributed by atoms with Gasteiger partial charge in [0.1, 0.15) is 0 Å². The number of hydrogen-bond donors (Lipinski definition) is 0. The molecule has 0 amide bonds. The Balaban J connectivity index is 1.92. The molecule has 1 heterocycles. The van der Waals surface area contributed by atoms with E-state index in [4.69, 9.17) is 4.74 Å². The zero-order valence-electron chi connectivity index (χ0n) is 15.7. The Hall–Kier alpha value is -2.71. The Morgan fingerprint density at radius 1 is 1.07 bits per heavy atom. The van der Waals surface area contributed by atoms with Gasteiger partial charge in [-0.1, -0.05) is 24.3 Å². The first-order valence-corrected chi connectivity index (χ1v) is 10.2. The molecule has 0 atom stereocenters. The highest BCUT2D eigenvalue weighted by atomic mass is 32.2. The predicted octanol–water partition coefficient (Wildman–Crippen LogP) is 1.94. The lowest BCUT2D eigenvalue weighted by Gasteiger charge is -2.29. The summed E-state index contributed by atoms with van der Waals surface area (Å²) < 4.78 is 37.1. The predicted molar refractivity (Wildman–Crippen MR) is 101 cm³/mol. The van der Waals surface area contributed by atoms with Gasteiger partial charge < -0.3 is 9.47 Å². The fourth-order valence-electron chi connectivity index (χ4n) is 3.27. The molecule has 0 aliphatic carbocycles. The smallest absolute Gasteiger partial charge is 0.338 e. The van der Waals surface area contributed by atoms with Crippen LogP contribution in [0.25, 0.3) is 0 Å². The van der Waals surface area contributed by atoms with E-state index in [2.05, 4.69) is 4.74 Å². The molecule has 0 saturated heterocycles. The van der Waals surface area contributed by atoms with Crippen molar-refractivity contribution in [3.63, 3.8) is 0 Å². The topological polar surface area (TPSA) is 90.0 Å². The van der Waals surface area contributed by atoms with E-state index in [9.17, 15) is 18.0 Å². The Morgan fingerprint density at radius 3 is 2.54 bits per heavy atom. The van der Waals surface area contributed by atoms with Crippen LogP contribution >= 0.6 is 0 Å². The Bertz CT molecular complexity index is 1020. The van der Waals surface area contributed by atoms with Gasteiger partial charge in [-0.2, -0.15) is 4.31 Å². The fourth-order valence-corrected chi connectivity index (χ4v) is 4.75. The van der Waals surface area contributed by atoms with Gasteiger partial charge in [-0.05, 0) is 41.3 Å². The zero-order valence-corrected chi connectivity index (χ0v) is 16.5. The van der Waals surface area contributed by atoms with Gasteiger partial charge in [0.25, 0.3) is 0 Å². The van der Waals surface area contributed by atoms with Crippen molar-refractivity contribution in [2.45, 2.75) is 24.3 Å². The van der Waals surface area contributed by atoms with Gasteiger partial charge >= 0.3 is 11.9 Å². The maximum atomic E-state index is 13.1. The lowest BCUT2D eigenvalue weighted by molar-refractivity contribution is -0.139. The largest absolute Gasteiger partial charge is 0.469 e. The number of rotatable bonds is 5. The molecule has 28 heavy (non-hydrogen) atoms. The highest BCUT2D eigenvalue weighted by Crippen LogP contribution is 2.28. The third-order valence-electron chi connectivity index (χ3n) is 4.76. The molecule has 0 aromatic heterocycles. The van der Waals surface area contributed by atoms with E-state index in [1.54, 1.807) is 24.3 Å². The number of nitrogens with zero attached hydrogens (tertiary/aromatic N) is 1. The highest BCUT2D eigenvalue weighted by Gasteiger charge is 2.30. The van der Waals surface area contributed by atoms with Crippen LogP contribution in [0.15, 0.2) is 47.4 Å². The molecule has 0 bridgehead atoms. The van der Waals surface area contributed by atoms with E-state index in [-0.39, 0.29) is 17.9 Å². The average molecular weight is 403 g/mol. The maximum absolute atomic E-state index is 13.1. The number of fused-ring (bicyclic) bond motifs is 1. The molecule has 8 heteroatoms. The molecule has 0 unspecified atom stereocenters. The first kappa shape index (κ1) is 20.0. The van der Waals surface area contributed by atoms with Crippen molar-refractivity contribution in [2.24, 2.45) is 0 Å².